The van der Waals surface area contributed by atoms with Crippen molar-refractivity contribution in [3.8, 4) is 11.1 Å². The monoisotopic (exact) mass is 464 g/mol. The third-order valence-corrected chi connectivity index (χ3v) is 6.59. The van der Waals surface area contributed by atoms with Crippen molar-refractivity contribution in [2.24, 2.45) is 0 Å². The normalized spacial score (nSPS) is 13.6. The van der Waals surface area contributed by atoms with Gasteiger partial charge in [-0.1, -0.05) is 12.1 Å². The average molecular weight is 465 g/mol. The Morgan fingerprint density at radius 3 is 2.67 bits per heavy atom. The number of aromatic nitrogens is 3. The molecule has 10 heteroatoms. The number of thiophene rings is 1. The highest BCUT2D eigenvalue weighted by atomic mass is 32.1. The lowest BCUT2D eigenvalue weighted by Gasteiger charge is -2.26. The van der Waals surface area contributed by atoms with Gasteiger partial charge >= 0.3 is 0 Å². The number of nitrogens with two attached hydrogens (primary N) is 1. The maximum absolute atomic E-state index is 13.0. The lowest BCUT2D eigenvalue weighted by atomic mass is 9.93. The lowest BCUT2D eigenvalue weighted by Crippen LogP contribution is -2.39. The summed E-state index contributed by atoms with van der Waals surface area (Å²) in [6.07, 6.45) is 4.79. The molecule has 1 aliphatic carbocycles. The number of fused-ring (bicyclic) bond motifs is 1. The summed E-state index contributed by atoms with van der Waals surface area (Å²) in [6.45, 7) is 0.294. The van der Waals surface area contributed by atoms with Gasteiger partial charge in [0.25, 0.3) is 11.8 Å². The zero-order valence-electron chi connectivity index (χ0n) is 17.5. The van der Waals surface area contributed by atoms with Crippen LogP contribution in [-0.4, -0.2) is 32.5 Å². The first-order valence-electron chi connectivity index (χ1n) is 10.5. The quantitative estimate of drug-likeness (QED) is 0.405. The Kier molecular flexibility index (Phi) is 5.51. The molecule has 1 aromatic carbocycles. The molecule has 3 heterocycles. The Morgan fingerprint density at radius 1 is 1.15 bits per heavy atom. The fourth-order valence-corrected chi connectivity index (χ4v) is 4.45. The van der Waals surface area contributed by atoms with Gasteiger partial charge in [0.05, 0.1) is 10.4 Å². The summed E-state index contributed by atoms with van der Waals surface area (Å²) in [6, 6.07) is 9.67. The summed E-state index contributed by atoms with van der Waals surface area (Å²) in [7, 11) is 0. The minimum Gasteiger partial charge on any atom is -0.366 e. The maximum Gasteiger partial charge on any atom is 0.261 e. The van der Waals surface area contributed by atoms with Gasteiger partial charge < -0.3 is 16.4 Å². The van der Waals surface area contributed by atoms with Gasteiger partial charge in [0.2, 0.25) is 5.95 Å². The van der Waals surface area contributed by atoms with Crippen LogP contribution in [0.1, 0.15) is 44.9 Å². The van der Waals surface area contributed by atoms with E-state index in [9.17, 15) is 14.0 Å². The Labute approximate surface area is 192 Å². The van der Waals surface area contributed by atoms with E-state index in [1.54, 1.807) is 30.5 Å². The molecule has 1 aliphatic rings. The first-order valence-corrected chi connectivity index (χ1v) is 11.4. The molecule has 33 heavy (non-hydrogen) atoms. The lowest BCUT2D eigenvalue weighted by molar-refractivity contribution is 0.0916. The number of carbonyl (C=O) groups is 2. The van der Waals surface area contributed by atoms with E-state index in [4.69, 9.17) is 5.73 Å². The molecule has 2 amide bonds. The first kappa shape index (κ1) is 21.1. The molecule has 0 radical (unpaired) electrons. The standard InChI is InChI=1S/C23H21FN6O2S/c24-16-6-4-13(5-7-16)10-26-22(32)19-9-15(12-33-19)14-8-18(21(31)27-17-2-1-3-17)20-28-23(25)29-30(20)11-14/h4-9,11-12,17H,1-3,10H2,(H2,25,29)(H,26,32)(H,27,31). The number of rotatable bonds is 6. The molecule has 1 saturated carbocycles. The van der Waals surface area contributed by atoms with Crippen LogP contribution in [0.5, 0.6) is 0 Å². The van der Waals surface area contributed by atoms with Crippen LogP contribution in [0, 0.1) is 5.82 Å². The summed E-state index contributed by atoms with van der Waals surface area (Å²) in [5.74, 6) is -0.688. The summed E-state index contributed by atoms with van der Waals surface area (Å²) >= 11 is 1.30. The van der Waals surface area contributed by atoms with Crippen molar-refractivity contribution in [1.82, 2.24) is 25.2 Å². The zero-order chi connectivity index (χ0) is 22.9. The fraction of sp³-hybridized carbons (Fsp3) is 0.217. The molecule has 0 bridgehead atoms. The highest BCUT2D eigenvalue weighted by Gasteiger charge is 2.23. The van der Waals surface area contributed by atoms with E-state index in [1.807, 2.05) is 5.38 Å². The minimum absolute atomic E-state index is 0.0797. The highest BCUT2D eigenvalue weighted by Crippen LogP contribution is 2.28. The van der Waals surface area contributed by atoms with Crippen LogP contribution in [0.25, 0.3) is 16.8 Å². The number of nitrogens with one attached hydrogen (secondary N) is 2. The van der Waals surface area contributed by atoms with Crippen molar-refractivity contribution in [3.63, 3.8) is 0 Å². The molecule has 0 saturated heterocycles. The molecule has 0 atom stereocenters. The van der Waals surface area contributed by atoms with Gasteiger partial charge in [-0.25, -0.2) is 8.91 Å². The molecule has 4 N–H and O–H groups in total. The van der Waals surface area contributed by atoms with Crippen LogP contribution in [0.2, 0.25) is 0 Å². The fourth-order valence-electron chi connectivity index (χ4n) is 3.62. The van der Waals surface area contributed by atoms with Gasteiger partial charge in [-0.2, -0.15) is 4.98 Å². The van der Waals surface area contributed by atoms with Gasteiger partial charge in [-0.15, -0.1) is 16.4 Å². The number of amides is 2. The number of nitrogens with zero attached hydrogens (tertiary/aromatic N) is 3. The van der Waals surface area contributed by atoms with Crippen molar-refractivity contribution >= 4 is 34.7 Å². The Balaban J connectivity index is 1.38. The van der Waals surface area contributed by atoms with E-state index in [0.29, 0.717) is 22.6 Å². The van der Waals surface area contributed by atoms with Crippen molar-refractivity contribution in [2.45, 2.75) is 31.8 Å². The van der Waals surface area contributed by atoms with Gasteiger partial charge in [0.1, 0.15) is 5.82 Å². The van der Waals surface area contributed by atoms with Crippen LogP contribution in [0.3, 0.4) is 0 Å². The smallest absolute Gasteiger partial charge is 0.261 e. The average Bonchev–Trinajstić information content (AvgIpc) is 3.41. The number of carbonyl (C=O) groups excluding carboxylic acids is 2. The molecular formula is C23H21FN6O2S. The molecule has 1 fully saturated rings. The molecule has 5 rings (SSSR count). The SMILES string of the molecule is Nc1nc2c(C(=O)NC3CCC3)cc(-c3csc(C(=O)NCc4ccc(F)cc4)c3)cn2n1. The highest BCUT2D eigenvalue weighted by molar-refractivity contribution is 7.12. The van der Waals surface area contributed by atoms with E-state index in [0.717, 1.165) is 36.0 Å². The van der Waals surface area contributed by atoms with Gasteiger partial charge in [-0.3, -0.25) is 9.59 Å². The second-order valence-electron chi connectivity index (χ2n) is 7.99. The third-order valence-electron chi connectivity index (χ3n) is 5.66. The maximum atomic E-state index is 13.0. The molecule has 4 aromatic rings. The van der Waals surface area contributed by atoms with E-state index < -0.39 is 0 Å². The topological polar surface area (TPSA) is 114 Å². The number of halogens is 1. The van der Waals surface area contributed by atoms with Crippen molar-refractivity contribution in [1.29, 1.82) is 0 Å². The summed E-state index contributed by atoms with van der Waals surface area (Å²) in [5, 5.41) is 11.9. The molecule has 168 valence electrons. The van der Waals surface area contributed by atoms with Crippen LogP contribution < -0.4 is 16.4 Å². The van der Waals surface area contributed by atoms with Crippen LogP contribution in [-0.2, 0) is 6.54 Å². The Hall–Kier alpha value is -3.79. The van der Waals surface area contributed by atoms with Crippen molar-refractivity contribution in [3.05, 3.63) is 69.8 Å². The molecular weight excluding hydrogens is 443 g/mol. The number of benzene rings is 1. The minimum atomic E-state index is -0.320. The third kappa shape index (κ3) is 4.42. The van der Waals surface area contributed by atoms with Crippen LogP contribution in [0.4, 0.5) is 10.3 Å². The summed E-state index contributed by atoms with van der Waals surface area (Å²) in [4.78, 5) is 30.2. The van der Waals surface area contributed by atoms with Gasteiger partial charge in [0, 0.05) is 24.3 Å². The number of pyridine rings is 1. The molecule has 8 nitrogen and oxygen atoms in total. The van der Waals surface area contributed by atoms with Crippen LogP contribution in [0.15, 0.2) is 48.0 Å². The summed E-state index contributed by atoms with van der Waals surface area (Å²) in [5.41, 5.74) is 8.85. The second kappa shape index (κ2) is 8.62. The van der Waals surface area contributed by atoms with Crippen LogP contribution >= 0.6 is 11.3 Å². The largest absolute Gasteiger partial charge is 0.366 e. The van der Waals surface area contributed by atoms with E-state index in [1.165, 1.54) is 28.0 Å². The number of hydrogen-bond acceptors (Lipinski definition) is 6. The first-order chi connectivity index (χ1) is 16.0. The molecule has 0 aliphatic heterocycles. The van der Waals surface area contributed by atoms with E-state index in [2.05, 4.69) is 20.7 Å². The number of nitrogen functional groups attached to an aromatic ring is 1. The second-order valence-corrected chi connectivity index (χ2v) is 8.90. The van der Waals surface area contributed by atoms with Gasteiger partial charge in [0.15, 0.2) is 5.65 Å². The number of hydrogen-bond donors (Lipinski definition) is 3. The molecule has 3 aromatic heterocycles. The zero-order valence-corrected chi connectivity index (χ0v) is 18.4. The van der Waals surface area contributed by atoms with Gasteiger partial charge in [-0.05, 0) is 60.0 Å². The molecule has 0 spiro atoms. The Morgan fingerprint density at radius 2 is 1.94 bits per heavy atom. The van der Waals surface area contributed by atoms with E-state index in [-0.39, 0.29) is 29.6 Å². The summed E-state index contributed by atoms with van der Waals surface area (Å²) < 4.78 is 14.5. The Bertz CT molecular complexity index is 1340. The number of anilines is 1. The van der Waals surface area contributed by atoms with Crippen molar-refractivity contribution in [2.75, 3.05) is 5.73 Å². The van der Waals surface area contributed by atoms with Crippen molar-refractivity contribution < 1.29 is 14.0 Å². The predicted octanol–water partition coefficient (Wildman–Crippen LogP) is 3.39. The predicted molar refractivity (Wildman–Crippen MR) is 123 cm³/mol. The van der Waals surface area contributed by atoms with E-state index >= 15 is 0 Å². The molecule has 0 unspecified atom stereocenters.